The van der Waals surface area contributed by atoms with Crippen LogP contribution in [0.25, 0.3) is 5.69 Å². The zero-order valence-electron chi connectivity index (χ0n) is 11.5. The van der Waals surface area contributed by atoms with Gasteiger partial charge in [0, 0.05) is 6.54 Å². The highest BCUT2D eigenvalue weighted by atomic mass is 16.5. The molecule has 0 saturated heterocycles. The first-order valence-electron chi connectivity index (χ1n) is 6.68. The summed E-state index contributed by atoms with van der Waals surface area (Å²) in [7, 11) is 0. The lowest BCUT2D eigenvalue weighted by molar-refractivity contribution is 0.340. The van der Waals surface area contributed by atoms with E-state index < -0.39 is 0 Å². The van der Waals surface area contributed by atoms with Gasteiger partial charge in [0.25, 0.3) is 0 Å². The fraction of sp³-hybridized carbons (Fsp3) is 0.429. The molecule has 2 rings (SSSR count). The van der Waals surface area contributed by atoms with Crippen LogP contribution in [-0.2, 0) is 6.54 Å². The largest absolute Gasteiger partial charge is 0.494 e. The van der Waals surface area contributed by atoms with Gasteiger partial charge in [0.05, 0.1) is 24.2 Å². The van der Waals surface area contributed by atoms with Gasteiger partial charge in [-0.3, -0.25) is 0 Å². The smallest absolute Gasteiger partial charge is 0.119 e. The SMILES string of the molecule is CCCNCc1cnn(-c2ccc(OCC)cc2)n1. The molecule has 0 fully saturated rings. The molecule has 102 valence electrons. The molecule has 0 radical (unpaired) electrons. The molecule has 0 aliphatic carbocycles. The number of benzene rings is 1. The average molecular weight is 260 g/mol. The summed E-state index contributed by atoms with van der Waals surface area (Å²) in [5, 5.41) is 12.0. The number of nitrogens with one attached hydrogen (secondary N) is 1. The third kappa shape index (κ3) is 3.79. The minimum atomic E-state index is 0.673. The molecule has 0 amide bonds. The Morgan fingerprint density at radius 2 is 2.00 bits per heavy atom. The van der Waals surface area contributed by atoms with Crippen molar-refractivity contribution in [1.29, 1.82) is 0 Å². The highest BCUT2D eigenvalue weighted by molar-refractivity contribution is 5.35. The second kappa shape index (κ2) is 6.89. The van der Waals surface area contributed by atoms with Crippen molar-refractivity contribution >= 4 is 0 Å². The van der Waals surface area contributed by atoms with Crippen LogP contribution in [-0.4, -0.2) is 28.1 Å². The summed E-state index contributed by atoms with van der Waals surface area (Å²) in [6.45, 7) is 6.54. The number of aromatic nitrogens is 3. The normalized spacial score (nSPS) is 10.6. The summed E-state index contributed by atoms with van der Waals surface area (Å²) in [4.78, 5) is 1.64. The van der Waals surface area contributed by atoms with E-state index in [0.29, 0.717) is 6.61 Å². The molecule has 0 unspecified atom stereocenters. The van der Waals surface area contributed by atoms with Crippen LogP contribution in [0.2, 0.25) is 0 Å². The zero-order valence-corrected chi connectivity index (χ0v) is 11.5. The Kier molecular flexibility index (Phi) is 4.92. The van der Waals surface area contributed by atoms with Gasteiger partial charge < -0.3 is 10.1 Å². The molecule has 1 heterocycles. The quantitative estimate of drug-likeness (QED) is 0.775. The van der Waals surface area contributed by atoms with Gasteiger partial charge in [-0.05, 0) is 44.2 Å². The van der Waals surface area contributed by atoms with Gasteiger partial charge in [0.2, 0.25) is 0 Å². The molecule has 19 heavy (non-hydrogen) atoms. The summed E-state index contributed by atoms with van der Waals surface area (Å²) < 4.78 is 5.41. The molecule has 0 saturated carbocycles. The Hall–Kier alpha value is -1.88. The van der Waals surface area contributed by atoms with E-state index in [1.807, 2.05) is 31.2 Å². The lowest BCUT2D eigenvalue weighted by Crippen LogP contribution is -2.14. The summed E-state index contributed by atoms with van der Waals surface area (Å²) in [5.74, 6) is 0.864. The number of nitrogens with zero attached hydrogens (tertiary/aromatic N) is 3. The van der Waals surface area contributed by atoms with E-state index in [0.717, 1.165) is 36.6 Å². The van der Waals surface area contributed by atoms with Crippen molar-refractivity contribution in [2.24, 2.45) is 0 Å². The van der Waals surface area contributed by atoms with Crippen molar-refractivity contribution < 1.29 is 4.74 Å². The monoisotopic (exact) mass is 260 g/mol. The van der Waals surface area contributed by atoms with Crippen molar-refractivity contribution in [1.82, 2.24) is 20.3 Å². The van der Waals surface area contributed by atoms with E-state index in [9.17, 15) is 0 Å². The molecule has 5 nitrogen and oxygen atoms in total. The Morgan fingerprint density at radius 3 is 2.68 bits per heavy atom. The van der Waals surface area contributed by atoms with Crippen LogP contribution in [0, 0.1) is 0 Å². The lowest BCUT2D eigenvalue weighted by Gasteiger charge is -2.04. The maximum absolute atomic E-state index is 5.41. The third-order valence-electron chi connectivity index (χ3n) is 2.65. The van der Waals surface area contributed by atoms with Crippen LogP contribution in [0.4, 0.5) is 0 Å². The molecular weight excluding hydrogens is 240 g/mol. The van der Waals surface area contributed by atoms with E-state index in [4.69, 9.17) is 4.74 Å². The van der Waals surface area contributed by atoms with E-state index in [1.54, 1.807) is 11.0 Å². The average Bonchev–Trinajstić information content (AvgIpc) is 2.89. The van der Waals surface area contributed by atoms with Crippen LogP contribution in [0.5, 0.6) is 5.75 Å². The second-order valence-corrected chi connectivity index (χ2v) is 4.23. The van der Waals surface area contributed by atoms with Crippen LogP contribution in [0.3, 0.4) is 0 Å². The molecule has 1 aromatic heterocycles. The molecule has 0 bridgehead atoms. The van der Waals surface area contributed by atoms with E-state index in [1.165, 1.54) is 0 Å². The summed E-state index contributed by atoms with van der Waals surface area (Å²) in [5.41, 5.74) is 1.88. The summed E-state index contributed by atoms with van der Waals surface area (Å²) >= 11 is 0. The van der Waals surface area contributed by atoms with Crippen LogP contribution in [0.1, 0.15) is 26.0 Å². The van der Waals surface area contributed by atoms with Crippen LogP contribution < -0.4 is 10.1 Å². The second-order valence-electron chi connectivity index (χ2n) is 4.23. The highest BCUT2D eigenvalue weighted by Crippen LogP contribution is 2.14. The Morgan fingerprint density at radius 1 is 1.21 bits per heavy atom. The molecule has 0 spiro atoms. The highest BCUT2D eigenvalue weighted by Gasteiger charge is 2.02. The number of hydrogen-bond acceptors (Lipinski definition) is 4. The van der Waals surface area contributed by atoms with Crippen LogP contribution in [0.15, 0.2) is 30.5 Å². The van der Waals surface area contributed by atoms with Gasteiger partial charge in [0.1, 0.15) is 5.75 Å². The summed E-state index contributed by atoms with van der Waals surface area (Å²) in [6.07, 6.45) is 2.91. The predicted molar refractivity (Wildman–Crippen MR) is 74.5 cm³/mol. The molecule has 2 aromatic rings. The molecule has 0 aliphatic rings. The minimum absolute atomic E-state index is 0.673. The topological polar surface area (TPSA) is 52.0 Å². The molecule has 1 N–H and O–H groups in total. The minimum Gasteiger partial charge on any atom is -0.494 e. The molecular formula is C14H20N4O. The van der Waals surface area contributed by atoms with Gasteiger partial charge in [-0.15, -0.1) is 0 Å². The lowest BCUT2D eigenvalue weighted by atomic mass is 10.3. The number of hydrogen-bond donors (Lipinski definition) is 1. The van der Waals surface area contributed by atoms with Gasteiger partial charge in [-0.1, -0.05) is 6.92 Å². The van der Waals surface area contributed by atoms with E-state index >= 15 is 0 Å². The Bertz CT molecular complexity index is 492. The maximum atomic E-state index is 5.41. The van der Waals surface area contributed by atoms with Crippen molar-refractivity contribution in [3.63, 3.8) is 0 Å². The van der Waals surface area contributed by atoms with E-state index in [2.05, 4.69) is 22.4 Å². The number of rotatable bonds is 7. The molecule has 1 aromatic carbocycles. The third-order valence-corrected chi connectivity index (χ3v) is 2.65. The predicted octanol–water partition coefficient (Wildman–Crippen LogP) is 2.17. The van der Waals surface area contributed by atoms with Crippen molar-refractivity contribution in [3.8, 4) is 11.4 Å². The Labute approximate surface area is 113 Å². The van der Waals surface area contributed by atoms with Gasteiger partial charge in [-0.25, -0.2) is 0 Å². The van der Waals surface area contributed by atoms with Gasteiger partial charge in [0.15, 0.2) is 0 Å². The maximum Gasteiger partial charge on any atom is 0.119 e. The van der Waals surface area contributed by atoms with Crippen molar-refractivity contribution in [2.75, 3.05) is 13.2 Å². The Balaban J connectivity index is 2.01. The fourth-order valence-electron chi connectivity index (χ4n) is 1.74. The fourth-order valence-corrected chi connectivity index (χ4v) is 1.74. The first-order chi connectivity index (χ1) is 9.33. The standard InChI is InChI=1S/C14H20N4O/c1-3-9-15-10-12-11-16-18(17-12)13-5-7-14(8-6-13)19-4-2/h5-8,11,15H,3-4,9-10H2,1-2H3. The first-order valence-corrected chi connectivity index (χ1v) is 6.68. The molecule has 0 atom stereocenters. The van der Waals surface area contributed by atoms with Gasteiger partial charge >= 0.3 is 0 Å². The summed E-state index contributed by atoms with van der Waals surface area (Å²) in [6, 6.07) is 7.76. The number of ether oxygens (including phenoxy) is 1. The van der Waals surface area contributed by atoms with E-state index in [-0.39, 0.29) is 0 Å². The zero-order chi connectivity index (χ0) is 13.5. The molecule has 5 heteroatoms. The first kappa shape index (κ1) is 13.5. The van der Waals surface area contributed by atoms with Crippen LogP contribution >= 0.6 is 0 Å². The van der Waals surface area contributed by atoms with Crippen molar-refractivity contribution in [3.05, 3.63) is 36.2 Å². The molecule has 0 aliphatic heterocycles. The van der Waals surface area contributed by atoms with Gasteiger partial charge in [-0.2, -0.15) is 15.0 Å². The van der Waals surface area contributed by atoms with Crippen molar-refractivity contribution in [2.45, 2.75) is 26.8 Å².